The van der Waals surface area contributed by atoms with Crippen LogP contribution in [-0.2, 0) is 6.54 Å². The molecule has 18 heavy (non-hydrogen) atoms. The lowest BCUT2D eigenvalue weighted by Crippen LogP contribution is -2.28. The van der Waals surface area contributed by atoms with E-state index in [1.54, 1.807) is 0 Å². The molecule has 1 aromatic heterocycles. The Morgan fingerprint density at radius 2 is 2.06 bits per heavy atom. The summed E-state index contributed by atoms with van der Waals surface area (Å²) in [7, 11) is 0. The minimum absolute atomic E-state index is 0.757. The normalized spacial score (nSPS) is 16.9. The summed E-state index contributed by atoms with van der Waals surface area (Å²) in [6.07, 6.45) is 6.21. The smallest absolute Gasteiger partial charge is 0.130 e. The van der Waals surface area contributed by atoms with Gasteiger partial charge in [0.2, 0.25) is 0 Å². The van der Waals surface area contributed by atoms with Gasteiger partial charge >= 0.3 is 0 Å². The van der Waals surface area contributed by atoms with Crippen molar-refractivity contribution in [2.75, 3.05) is 26.2 Å². The monoisotopic (exact) mass is 268 g/mol. The molecule has 0 aliphatic carbocycles. The van der Waals surface area contributed by atoms with Crippen LogP contribution in [0, 0.1) is 0 Å². The van der Waals surface area contributed by atoms with E-state index in [1.165, 1.54) is 37.2 Å². The number of hydrogen-bond acceptors (Lipinski definition) is 4. The van der Waals surface area contributed by atoms with Gasteiger partial charge in [0, 0.05) is 16.8 Å². The van der Waals surface area contributed by atoms with Crippen LogP contribution in [0.15, 0.2) is 11.4 Å². The van der Waals surface area contributed by atoms with E-state index >= 15 is 0 Å². The van der Waals surface area contributed by atoms with Gasteiger partial charge < -0.3 is 10.5 Å². The summed E-state index contributed by atoms with van der Waals surface area (Å²) >= 11 is 1.82. The van der Waals surface area contributed by atoms with Crippen LogP contribution < -0.4 is 10.5 Å². The second-order valence-electron chi connectivity index (χ2n) is 4.93. The molecule has 1 aromatic rings. The minimum atomic E-state index is 0.757. The fraction of sp³-hybridized carbons (Fsp3) is 0.714. The second kappa shape index (κ2) is 7.77. The molecule has 0 bridgehead atoms. The van der Waals surface area contributed by atoms with Gasteiger partial charge in [0.1, 0.15) is 5.75 Å². The summed E-state index contributed by atoms with van der Waals surface area (Å²) in [5.41, 5.74) is 5.46. The van der Waals surface area contributed by atoms with Crippen LogP contribution in [0.25, 0.3) is 0 Å². The first kappa shape index (κ1) is 13.8. The molecule has 2 rings (SSSR count). The number of nitrogens with two attached hydrogens (primary N) is 1. The molecule has 102 valence electrons. The molecule has 2 N–H and O–H groups in total. The summed E-state index contributed by atoms with van der Waals surface area (Å²) in [6, 6.07) is 2.20. The van der Waals surface area contributed by atoms with E-state index in [1.807, 2.05) is 11.3 Å². The average Bonchev–Trinajstić information content (AvgIpc) is 2.84. The number of hydrogen-bond donors (Lipinski definition) is 1. The van der Waals surface area contributed by atoms with Crippen molar-refractivity contribution in [1.29, 1.82) is 0 Å². The van der Waals surface area contributed by atoms with Gasteiger partial charge in [0.15, 0.2) is 0 Å². The van der Waals surface area contributed by atoms with Crippen molar-refractivity contribution in [3.05, 3.63) is 16.3 Å². The summed E-state index contributed by atoms with van der Waals surface area (Å²) in [6.45, 7) is 5.15. The van der Waals surface area contributed by atoms with Crippen molar-refractivity contribution in [3.63, 3.8) is 0 Å². The average molecular weight is 268 g/mol. The maximum absolute atomic E-state index is 5.71. The predicted octanol–water partition coefficient (Wildman–Crippen LogP) is 2.85. The number of piperidine rings is 1. The molecule has 0 unspecified atom stereocenters. The van der Waals surface area contributed by atoms with E-state index in [2.05, 4.69) is 16.3 Å². The van der Waals surface area contributed by atoms with Crippen molar-refractivity contribution in [2.24, 2.45) is 5.73 Å². The first-order chi connectivity index (χ1) is 8.88. The molecule has 0 saturated carbocycles. The largest absolute Gasteiger partial charge is 0.493 e. The first-order valence-corrected chi connectivity index (χ1v) is 7.89. The standard InChI is InChI=1S/C14H24N2OS/c15-6-2-5-9-17-13-10-14(18-12-13)11-16-7-3-1-4-8-16/h10,12H,1-9,11,15H2. The topological polar surface area (TPSA) is 38.5 Å². The third kappa shape index (κ3) is 4.59. The zero-order chi connectivity index (χ0) is 12.6. The molecule has 2 heterocycles. The molecule has 1 aliphatic heterocycles. The fourth-order valence-corrected chi connectivity index (χ4v) is 3.14. The number of nitrogens with zero attached hydrogens (tertiary/aromatic N) is 1. The summed E-state index contributed by atoms with van der Waals surface area (Å²) in [4.78, 5) is 3.97. The molecule has 0 radical (unpaired) electrons. The highest BCUT2D eigenvalue weighted by molar-refractivity contribution is 7.10. The molecule has 1 fully saturated rings. The minimum Gasteiger partial charge on any atom is -0.493 e. The van der Waals surface area contributed by atoms with E-state index in [-0.39, 0.29) is 0 Å². The van der Waals surface area contributed by atoms with E-state index in [0.29, 0.717) is 0 Å². The summed E-state index contributed by atoms with van der Waals surface area (Å²) < 4.78 is 5.71. The van der Waals surface area contributed by atoms with E-state index < -0.39 is 0 Å². The summed E-state index contributed by atoms with van der Waals surface area (Å²) in [5.74, 6) is 1.03. The van der Waals surface area contributed by atoms with Crippen LogP contribution in [0.3, 0.4) is 0 Å². The lowest BCUT2D eigenvalue weighted by atomic mass is 10.1. The van der Waals surface area contributed by atoms with Crippen LogP contribution in [0.5, 0.6) is 5.75 Å². The zero-order valence-corrected chi connectivity index (χ0v) is 11.9. The molecule has 0 aromatic carbocycles. The first-order valence-electron chi connectivity index (χ1n) is 7.01. The third-order valence-electron chi connectivity index (χ3n) is 3.33. The lowest BCUT2D eigenvalue weighted by Gasteiger charge is -2.25. The Labute approximate surface area is 114 Å². The van der Waals surface area contributed by atoms with Crippen LogP contribution in [0.2, 0.25) is 0 Å². The van der Waals surface area contributed by atoms with Crippen molar-refractivity contribution in [1.82, 2.24) is 4.90 Å². The van der Waals surface area contributed by atoms with Gasteiger partial charge in [-0.05, 0) is 51.4 Å². The Morgan fingerprint density at radius 3 is 2.83 bits per heavy atom. The lowest BCUT2D eigenvalue weighted by molar-refractivity contribution is 0.222. The second-order valence-corrected chi connectivity index (χ2v) is 5.93. The number of ether oxygens (including phenoxy) is 1. The van der Waals surface area contributed by atoms with Gasteiger partial charge in [-0.2, -0.15) is 0 Å². The Balaban J connectivity index is 1.71. The fourth-order valence-electron chi connectivity index (χ4n) is 2.29. The van der Waals surface area contributed by atoms with Gasteiger partial charge in [-0.25, -0.2) is 0 Å². The highest BCUT2D eigenvalue weighted by Crippen LogP contribution is 2.24. The van der Waals surface area contributed by atoms with Crippen molar-refractivity contribution < 1.29 is 4.74 Å². The quantitative estimate of drug-likeness (QED) is 0.773. The van der Waals surface area contributed by atoms with Crippen molar-refractivity contribution in [3.8, 4) is 5.75 Å². The number of unbranched alkanes of at least 4 members (excludes halogenated alkanes) is 1. The number of rotatable bonds is 7. The Hall–Kier alpha value is -0.580. The van der Waals surface area contributed by atoms with Crippen LogP contribution in [0.4, 0.5) is 0 Å². The number of likely N-dealkylation sites (tertiary alicyclic amines) is 1. The molecule has 3 nitrogen and oxygen atoms in total. The van der Waals surface area contributed by atoms with E-state index in [9.17, 15) is 0 Å². The molecule has 0 atom stereocenters. The van der Waals surface area contributed by atoms with Crippen molar-refractivity contribution in [2.45, 2.75) is 38.6 Å². The van der Waals surface area contributed by atoms with E-state index in [4.69, 9.17) is 10.5 Å². The zero-order valence-electron chi connectivity index (χ0n) is 11.1. The van der Waals surface area contributed by atoms with E-state index in [0.717, 1.165) is 38.3 Å². The molecule has 1 saturated heterocycles. The summed E-state index contributed by atoms with van der Waals surface area (Å²) in [5, 5.41) is 2.13. The van der Waals surface area contributed by atoms with Crippen LogP contribution in [-0.4, -0.2) is 31.1 Å². The van der Waals surface area contributed by atoms with Gasteiger partial charge in [-0.1, -0.05) is 6.42 Å². The molecule has 1 aliphatic rings. The maximum Gasteiger partial charge on any atom is 0.130 e. The maximum atomic E-state index is 5.71. The van der Waals surface area contributed by atoms with Gasteiger partial charge in [0.05, 0.1) is 6.61 Å². The molecular weight excluding hydrogens is 244 g/mol. The SMILES string of the molecule is NCCCCOc1csc(CN2CCCCC2)c1. The predicted molar refractivity (Wildman–Crippen MR) is 77.2 cm³/mol. The Kier molecular flexibility index (Phi) is 5.97. The highest BCUT2D eigenvalue weighted by atomic mass is 32.1. The Bertz CT molecular complexity index is 334. The molecule has 0 amide bonds. The molecule has 0 spiro atoms. The molecule has 4 heteroatoms. The third-order valence-corrected chi connectivity index (χ3v) is 4.22. The number of thiophene rings is 1. The Morgan fingerprint density at radius 1 is 1.22 bits per heavy atom. The van der Waals surface area contributed by atoms with Gasteiger partial charge in [-0.15, -0.1) is 11.3 Å². The van der Waals surface area contributed by atoms with Crippen molar-refractivity contribution >= 4 is 11.3 Å². The van der Waals surface area contributed by atoms with Gasteiger partial charge in [-0.3, -0.25) is 4.90 Å². The molecular formula is C14H24N2OS. The van der Waals surface area contributed by atoms with Crippen LogP contribution in [0.1, 0.15) is 37.0 Å². The van der Waals surface area contributed by atoms with Crippen LogP contribution >= 0.6 is 11.3 Å². The highest BCUT2D eigenvalue weighted by Gasteiger charge is 2.11. The van der Waals surface area contributed by atoms with Gasteiger partial charge in [0.25, 0.3) is 0 Å².